The number of rotatable bonds is 6. The SMILES string of the molecule is CCN(CC1CCCO1)C(=O)C(=O)Nc1ccc(S(=O)(=O)C(C)C#N)cc1. The number of nitriles is 1. The lowest BCUT2D eigenvalue weighted by Crippen LogP contribution is -2.43. The number of ether oxygens (including phenoxy) is 1. The Morgan fingerprint density at radius 2 is 2.04 bits per heavy atom. The van der Waals surface area contributed by atoms with Crippen molar-refractivity contribution in [3.63, 3.8) is 0 Å². The lowest BCUT2D eigenvalue weighted by molar-refractivity contribution is -0.144. The van der Waals surface area contributed by atoms with Crippen molar-refractivity contribution in [2.45, 2.75) is 42.9 Å². The van der Waals surface area contributed by atoms with E-state index < -0.39 is 26.9 Å². The maximum Gasteiger partial charge on any atom is 0.313 e. The molecule has 1 aliphatic heterocycles. The first-order valence-corrected chi connectivity index (χ1v) is 10.3. The smallest absolute Gasteiger partial charge is 0.313 e. The monoisotopic (exact) mass is 393 g/mol. The van der Waals surface area contributed by atoms with Crippen molar-refractivity contribution in [2.24, 2.45) is 0 Å². The number of carbonyl (C=O) groups excluding carboxylic acids is 2. The van der Waals surface area contributed by atoms with Gasteiger partial charge in [-0.1, -0.05) is 0 Å². The van der Waals surface area contributed by atoms with Crippen molar-refractivity contribution in [1.82, 2.24) is 4.90 Å². The first-order chi connectivity index (χ1) is 12.8. The van der Waals surface area contributed by atoms with Crippen molar-refractivity contribution in [3.8, 4) is 6.07 Å². The van der Waals surface area contributed by atoms with E-state index in [1.807, 2.05) is 0 Å². The third kappa shape index (κ3) is 5.05. The Bertz CT molecular complexity index is 824. The molecule has 0 aliphatic carbocycles. The normalized spacial score (nSPS) is 17.7. The standard InChI is InChI=1S/C18H23N3O5S/c1-3-21(12-15-5-4-10-26-15)18(23)17(22)20-14-6-8-16(9-7-14)27(24,25)13(2)11-19/h6-9,13,15H,3-5,10,12H2,1-2H3,(H,20,22). The van der Waals surface area contributed by atoms with E-state index in [2.05, 4.69) is 5.32 Å². The Hall–Kier alpha value is -2.44. The van der Waals surface area contributed by atoms with Gasteiger partial charge in [0.25, 0.3) is 0 Å². The Balaban J connectivity index is 2.02. The summed E-state index contributed by atoms with van der Waals surface area (Å²) in [4.78, 5) is 26.0. The van der Waals surface area contributed by atoms with Crippen molar-refractivity contribution < 1.29 is 22.7 Å². The van der Waals surface area contributed by atoms with E-state index in [0.29, 0.717) is 25.4 Å². The molecule has 2 amide bonds. The second-order valence-electron chi connectivity index (χ2n) is 6.27. The summed E-state index contributed by atoms with van der Waals surface area (Å²) in [5, 5.41) is 10.1. The summed E-state index contributed by atoms with van der Waals surface area (Å²) in [7, 11) is -3.74. The van der Waals surface area contributed by atoms with Crippen molar-refractivity contribution >= 4 is 27.3 Å². The average Bonchev–Trinajstić information content (AvgIpc) is 3.18. The quantitative estimate of drug-likeness (QED) is 0.729. The second kappa shape index (κ2) is 8.97. The number of anilines is 1. The number of amides is 2. The highest BCUT2D eigenvalue weighted by Crippen LogP contribution is 2.19. The molecule has 1 heterocycles. The van der Waals surface area contributed by atoms with Gasteiger partial charge in [0.15, 0.2) is 9.84 Å². The van der Waals surface area contributed by atoms with Gasteiger partial charge in [0.05, 0.1) is 17.1 Å². The molecule has 1 saturated heterocycles. The number of carbonyl (C=O) groups is 2. The molecule has 0 aromatic heterocycles. The molecule has 2 unspecified atom stereocenters. The van der Waals surface area contributed by atoms with Crippen LogP contribution in [0.3, 0.4) is 0 Å². The highest BCUT2D eigenvalue weighted by atomic mass is 32.2. The van der Waals surface area contributed by atoms with Gasteiger partial charge in [0.1, 0.15) is 5.25 Å². The Labute approximate surface area is 159 Å². The van der Waals surface area contributed by atoms with Crippen LogP contribution in [-0.2, 0) is 24.2 Å². The maximum absolute atomic E-state index is 12.3. The molecular weight excluding hydrogens is 370 g/mol. The molecule has 0 bridgehead atoms. The molecule has 27 heavy (non-hydrogen) atoms. The average molecular weight is 393 g/mol. The van der Waals surface area contributed by atoms with E-state index in [1.54, 1.807) is 13.0 Å². The number of hydrogen-bond donors (Lipinski definition) is 1. The lowest BCUT2D eigenvalue weighted by atomic mass is 10.2. The molecule has 1 aromatic rings. The third-order valence-corrected chi connectivity index (χ3v) is 6.36. The summed E-state index contributed by atoms with van der Waals surface area (Å²) in [6, 6.07) is 7.07. The molecule has 1 N–H and O–H groups in total. The molecule has 1 aliphatic rings. The summed E-state index contributed by atoms with van der Waals surface area (Å²) >= 11 is 0. The first-order valence-electron chi connectivity index (χ1n) is 8.75. The van der Waals surface area contributed by atoms with E-state index in [-0.39, 0.29) is 11.0 Å². The highest BCUT2D eigenvalue weighted by Gasteiger charge is 2.26. The van der Waals surface area contributed by atoms with E-state index in [1.165, 1.54) is 36.1 Å². The van der Waals surface area contributed by atoms with Crippen LogP contribution in [-0.4, -0.2) is 56.2 Å². The number of benzene rings is 1. The minimum Gasteiger partial charge on any atom is -0.376 e. The first kappa shape index (κ1) is 20.9. The van der Waals surface area contributed by atoms with Crippen LogP contribution in [0.5, 0.6) is 0 Å². The van der Waals surface area contributed by atoms with E-state index in [4.69, 9.17) is 10.00 Å². The lowest BCUT2D eigenvalue weighted by Gasteiger charge is -2.23. The fourth-order valence-electron chi connectivity index (χ4n) is 2.72. The summed E-state index contributed by atoms with van der Waals surface area (Å²) < 4.78 is 29.7. The molecule has 8 nitrogen and oxygen atoms in total. The number of nitrogens with zero attached hydrogens (tertiary/aromatic N) is 2. The van der Waals surface area contributed by atoms with Gasteiger partial charge < -0.3 is 15.0 Å². The minimum atomic E-state index is -3.74. The highest BCUT2D eigenvalue weighted by molar-refractivity contribution is 7.92. The molecule has 2 rings (SSSR count). The summed E-state index contributed by atoms with van der Waals surface area (Å²) in [5.74, 6) is -1.46. The molecule has 1 fully saturated rings. The summed E-state index contributed by atoms with van der Waals surface area (Å²) in [6.07, 6.45) is 1.76. The van der Waals surface area contributed by atoms with Gasteiger partial charge >= 0.3 is 11.8 Å². The predicted octanol–water partition coefficient (Wildman–Crippen LogP) is 1.34. The zero-order chi connectivity index (χ0) is 20.0. The van der Waals surface area contributed by atoms with Crippen LogP contribution in [0.2, 0.25) is 0 Å². The zero-order valence-electron chi connectivity index (χ0n) is 15.3. The van der Waals surface area contributed by atoms with Crippen LogP contribution in [0, 0.1) is 11.3 Å². The maximum atomic E-state index is 12.3. The van der Waals surface area contributed by atoms with E-state index >= 15 is 0 Å². The van der Waals surface area contributed by atoms with Crippen LogP contribution in [0.25, 0.3) is 0 Å². The largest absolute Gasteiger partial charge is 0.376 e. The zero-order valence-corrected chi connectivity index (χ0v) is 16.2. The third-order valence-electron chi connectivity index (χ3n) is 4.40. The minimum absolute atomic E-state index is 0.0190. The Morgan fingerprint density at radius 1 is 1.37 bits per heavy atom. The van der Waals surface area contributed by atoms with Gasteiger partial charge in [-0.3, -0.25) is 9.59 Å². The van der Waals surface area contributed by atoms with Gasteiger partial charge in [0.2, 0.25) is 0 Å². The molecule has 0 radical (unpaired) electrons. The number of hydrogen-bond acceptors (Lipinski definition) is 6. The van der Waals surface area contributed by atoms with Crippen LogP contribution in [0.15, 0.2) is 29.2 Å². The summed E-state index contributed by atoms with van der Waals surface area (Å²) in [6.45, 7) is 4.51. The Kier molecular flexibility index (Phi) is 6.93. The molecule has 146 valence electrons. The van der Waals surface area contributed by atoms with E-state index in [9.17, 15) is 18.0 Å². The van der Waals surface area contributed by atoms with Crippen molar-refractivity contribution in [3.05, 3.63) is 24.3 Å². The van der Waals surface area contributed by atoms with E-state index in [0.717, 1.165) is 12.8 Å². The molecule has 0 saturated carbocycles. The Morgan fingerprint density at radius 3 is 2.56 bits per heavy atom. The van der Waals surface area contributed by atoms with Crippen molar-refractivity contribution in [2.75, 3.05) is 25.0 Å². The number of likely N-dealkylation sites (N-methyl/N-ethyl adjacent to an activating group) is 1. The van der Waals surface area contributed by atoms with Crippen molar-refractivity contribution in [1.29, 1.82) is 5.26 Å². The molecule has 1 aromatic carbocycles. The van der Waals surface area contributed by atoms with Crippen LogP contribution in [0.1, 0.15) is 26.7 Å². The number of nitrogens with one attached hydrogen (secondary N) is 1. The number of sulfone groups is 1. The molecular formula is C18H23N3O5S. The molecule has 0 spiro atoms. The van der Waals surface area contributed by atoms with Gasteiger partial charge in [0, 0.05) is 25.4 Å². The topological polar surface area (TPSA) is 117 Å². The molecule has 2 atom stereocenters. The van der Waals surface area contributed by atoms with Gasteiger partial charge in [-0.05, 0) is 51.0 Å². The van der Waals surface area contributed by atoms with Crippen LogP contribution in [0.4, 0.5) is 5.69 Å². The molecule has 9 heteroatoms. The van der Waals surface area contributed by atoms with Gasteiger partial charge in [-0.25, -0.2) is 8.42 Å². The van der Waals surface area contributed by atoms with Crippen LogP contribution < -0.4 is 5.32 Å². The van der Waals surface area contributed by atoms with Crippen LogP contribution >= 0.6 is 0 Å². The fraction of sp³-hybridized carbons (Fsp3) is 0.500. The predicted molar refractivity (Wildman–Crippen MR) is 98.6 cm³/mol. The fourth-order valence-corrected chi connectivity index (χ4v) is 3.78. The van der Waals surface area contributed by atoms with Gasteiger partial charge in [-0.2, -0.15) is 5.26 Å². The van der Waals surface area contributed by atoms with Gasteiger partial charge in [-0.15, -0.1) is 0 Å². The summed E-state index contributed by atoms with van der Waals surface area (Å²) in [5.41, 5.74) is 0.296. The second-order valence-corrected chi connectivity index (χ2v) is 8.54.